The van der Waals surface area contributed by atoms with E-state index in [1.54, 1.807) is 18.2 Å². The zero-order chi connectivity index (χ0) is 11.3. The van der Waals surface area contributed by atoms with Crippen molar-refractivity contribution in [1.29, 1.82) is 0 Å². The maximum absolute atomic E-state index is 12.1. The van der Waals surface area contributed by atoms with Crippen LogP contribution in [-0.2, 0) is 0 Å². The summed E-state index contributed by atoms with van der Waals surface area (Å²) in [6, 6.07) is 5.53. The van der Waals surface area contributed by atoms with E-state index in [9.17, 15) is 13.2 Å². The monoisotopic (exact) mass is 219 g/mol. The molecule has 1 aromatic carbocycles. The molecule has 0 heterocycles. The predicted octanol–water partition coefficient (Wildman–Crippen LogP) is 2.65. The molecule has 0 aliphatic heterocycles. The summed E-state index contributed by atoms with van der Waals surface area (Å²) in [6.07, 6.45) is 0.0869. The Hall–Kier alpha value is -1.23. The Bertz CT molecular complexity index is 306. The Labute approximate surface area is 85.8 Å². The smallest absolute Gasteiger partial charge is 0.387 e. The van der Waals surface area contributed by atoms with Gasteiger partial charge in [-0.05, 0) is 12.5 Å². The van der Waals surface area contributed by atoms with Gasteiger partial charge in [-0.3, -0.25) is 4.39 Å². The molecule has 84 valence electrons. The van der Waals surface area contributed by atoms with Crippen molar-refractivity contribution in [3.05, 3.63) is 29.8 Å². The van der Waals surface area contributed by atoms with Crippen molar-refractivity contribution < 1.29 is 17.9 Å². The van der Waals surface area contributed by atoms with Crippen LogP contribution >= 0.6 is 0 Å². The fourth-order valence-electron chi connectivity index (χ4n) is 1.26. The summed E-state index contributed by atoms with van der Waals surface area (Å²) in [7, 11) is 0. The summed E-state index contributed by atoms with van der Waals surface area (Å²) in [4.78, 5) is 0. The van der Waals surface area contributed by atoms with E-state index in [4.69, 9.17) is 5.73 Å². The van der Waals surface area contributed by atoms with Crippen molar-refractivity contribution in [1.82, 2.24) is 0 Å². The summed E-state index contributed by atoms with van der Waals surface area (Å²) < 4.78 is 40.4. The number of para-hydroxylation sites is 1. The Morgan fingerprint density at radius 2 is 1.93 bits per heavy atom. The lowest BCUT2D eigenvalue weighted by molar-refractivity contribution is -0.0506. The third kappa shape index (κ3) is 3.43. The molecular formula is C10H12F3NO. The molecule has 1 atom stereocenters. The zero-order valence-corrected chi connectivity index (χ0v) is 8.00. The second-order valence-electron chi connectivity index (χ2n) is 3.00. The van der Waals surface area contributed by atoms with Crippen LogP contribution in [0.3, 0.4) is 0 Å². The van der Waals surface area contributed by atoms with E-state index in [-0.39, 0.29) is 12.2 Å². The molecule has 0 aliphatic carbocycles. The normalized spacial score (nSPS) is 12.9. The van der Waals surface area contributed by atoms with Crippen LogP contribution in [-0.4, -0.2) is 13.3 Å². The van der Waals surface area contributed by atoms with Crippen LogP contribution in [0.25, 0.3) is 0 Å². The Balaban J connectivity index is 2.85. The van der Waals surface area contributed by atoms with Crippen LogP contribution in [0.4, 0.5) is 13.2 Å². The van der Waals surface area contributed by atoms with Gasteiger partial charge in [0.1, 0.15) is 5.75 Å². The van der Waals surface area contributed by atoms with Gasteiger partial charge in [0, 0.05) is 11.6 Å². The fraction of sp³-hybridized carbons (Fsp3) is 0.400. The molecule has 0 radical (unpaired) electrons. The van der Waals surface area contributed by atoms with Crippen LogP contribution in [0.2, 0.25) is 0 Å². The van der Waals surface area contributed by atoms with Crippen molar-refractivity contribution in [2.75, 3.05) is 6.67 Å². The molecule has 0 saturated carbocycles. The topological polar surface area (TPSA) is 35.2 Å². The first-order valence-corrected chi connectivity index (χ1v) is 4.50. The van der Waals surface area contributed by atoms with Gasteiger partial charge >= 0.3 is 6.61 Å². The molecule has 5 heteroatoms. The summed E-state index contributed by atoms with van der Waals surface area (Å²) in [5.41, 5.74) is 6.02. The van der Waals surface area contributed by atoms with Crippen molar-refractivity contribution in [3.8, 4) is 5.75 Å². The van der Waals surface area contributed by atoms with Gasteiger partial charge in [0.05, 0.1) is 6.67 Å². The molecule has 0 aromatic heterocycles. The third-order valence-electron chi connectivity index (χ3n) is 1.95. The van der Waals surface area contributed by atoms with E-state index in [2.05, 4.69) is 4.74 Å². The Kier molecular flexibility index (Phi) is 4.42. The first-order chi connectivity index (χ1) is 7.15. The van der Waals surface area contributed by atoms with Crippen LogP contribution in [0.15, 0.2) is 24.3 Å². The fourth-order valence-corrected chi connectivity index (χ4v) is 1.26. The number of benzene rings is 1. The maximum atomic E-state index is 12.1. The van der Waals surface area contributed by atoms with Gasteiger partial charge in [-0.2, -0.15) is 8.78 Å². The number of ether oxygens (including phenoxy) is 1. The van der Waals surface area contributed by atoms with Crippen LogP contribution in [0, 0.1) is 0 Å². The Morgan fingerprint density at radius 1 is 1.27 bits per heavy atom. The van der Waals surface area contributed by atoms with Gasteiger partial charge in [0.25, 0.3) is 0 Å². The van der Waals surface area contributed by atoms with Gasteiger partial charge in [-0.1, -0.05) is 18.2 Å². The third-order valence-corrected chi connectivity index (χ3v) is 1.95. The number of hydrogen-bond acceptors (Lipinski definition) is 2. The summed E-state index contributed by atoms with van der Waals surface area (Å²) in [5, 5.41) is 0. The number of rotatable bonds is 5. The molecule has 1 aromatic rings. The van der Waals surface area contributed by atoms with E-state index >= 15 is 0 Å². The van der Waals surface area contributed by atoms with E-state index in [1.165, 1.54) is 6.07 Å². The second kappa shape index (κ2) is 5.60. The molecule has 0 bridgehead atoms. The molecular weight excluding hydrogens is 207 g/mol. The molecule has 2 N–H and O–H groups in total. The SMILES string of the molecule is N[C@H](CCF)c1ccccc1OC(F)F. The van der Waals surface area contributed by atoms with Gasteiger partial charge < -0.3 is 10.5 Å². The van der Waals surface area contributed by atoms with E-state index in [1.807, 2.05) is 0 Å². The predicted molar refractivity (Wildman–Crippen MR) is 50.6 cm³/mol. The minimum atomic E-state index is -2.90. The highest BCUT2D eigenvalue weighted by Crippen LogP contribution is 2.26. The molecule has 0 aliphatic rings. The minimum Gasteiger partial charge on any atom is -0.434 e. The number of alkyl halides is 3. The molecule has 0 amide bonds. The lowest BCUT2D eigenvalue weighted by atomic mass is 10.0. The maximum Gasteiger partial charge on any atom is 0.387 e. The van der Waals surface area contributed by atoms with Crippen molar-refractivity contribution >= 4 is 0 Å². The summed E-state index contributed by atoms with van der Waals surface area (Å²) in [5.74, 6) is 0.00782. The molecule has 0 spiro atoms. The first kappa shape index (κ1) is 11.8. The molecule has 0 unspecified atom stereocenters. The highest BCUT2D eigenvalue weighted by molar-refractivity contribution is 5.35. The highest BCUT2D eigenvalue weighted by atomic mass is 19.3. The van der Waals surface area contributed by atoms with E-state index < -0.39 is 19.3 Å². The number of halogens is 3. The molecule has 0 fully saturated rings. The minimum absolute atomic E-state index is 0.00782. The Morgan fingerprint density at radius 3 is 2.53 bits per heavy atom. The van der Waals surface area contributed by atoms with Crippen LogP contribution in [0.1, 0.15) is 18.0 Å². The second-order valence-corrected chi connectivity index (χ2v) is 3.00. The molecule has 1 rings (SSSR count). The van der Waals surface area contributed by atoms with Crippen molar-refractivity contribution in [2.24, 2.45) is 5.73 Å². The van der Waals surface area contributed by atoms with Crippen LogP contribution in [0.5, 0.6) is 5.75 Å². The van der Waals surface area contributed by atoms with E-state index in [0.29, 0.717) is 5.56 Å². The van der Waals surface area contributed by atoms with Gasteiger partial charge in [0.15, 0.2) is 0 Å². The summed E-state index contributed by atoms with van der Waals surface area (Å²) in [6.45, 7) is -3.49. The zero-order valence-electron chi connectivity index (χ0n) is 8.00. The van der Waals surface area contributed by atoms with Gasteiger partial charge in [-0.15, -0.1) is 0 Å². The van der Waals surface area contributed by atoms with Gasteiger partial charge in [-0.25, -0.2) is 0 Å². The molecule has 0 saturated heterocycles. The quantitative estimate of drug-likeness (QED) is 0.826. The summed E-state index contributed by atoms with van der Waals surface area (Å²) >= 11 is 0. The average molecular weight is 219 g/mol. The highest BCUT2D eigenvalue weighted by Gasteiger charge is 2.14. The van der Waals surface area contributed by atoms with Crippen LogP contribution < -0.4 is 10.5 Å². The lowest BCUT2D eigenvalue weighted by Crippen LogP contribution is -2.14. The van der Waals surface area contributed by atoms with Crippen molar-refractivity contribution in [2.45, 2.75) is 19.1 Å². The van der Waals surface area contributed by atoms with Crippen molar-refractivity contribution in [3.63, 3.8) is 0 Å². The average Bonchev–Trinajstić information content (AvgIpc) is 2.18. The van der Waals surface area contributed by atoms with E-state index in [0.717, 1.165) is 0 Å². The largest absolute Gasteiger partial charge is 0.434 e. The first-order valence-electron chi connectivity index (χ1n) is 4.50. The molecule has 15 heavy (non-hydrogen) atoms. The number of hydrogen-bond donors (Lipinski definition) is 1. The number of nitrogens with two attached hydrogens (primary N) is 1. The van der Waals surface area contributed by atoms with Gasteiger partial charge in [0.2, 0.25) is 0 Å². The standard InChI is InChI=1S/C10H12F3NO/c11-6-5-8(14)7-3-1-2-4-9(7)15-10(12)13/h1-4,8,10H,5-6,14H2/t8-/m1/s1. The lowest BCUT2D eigenvalue weighted by Gasteiger charge is -2.15. The molecule has 2 nitrogen and oxygen atoms in total.